The van der Waals surface area contributed by atoms with Gasteiger partial charge in [0.15, 0.2) is 0 Å². The lowest BCUT2D eigenvalue weighted by Gasteiger charge is -2.31. The maximum absolute atomic E-state index is 12.3. The number of ether oxygens (including phenoxy) is 1. The number of nitrogens with one attached hydrogen (secondary N) is 1. The fourth-order valence-electron chi connectivity index (χ4n) is 2.37. The summed E-state index contributed by atoms with van der Waals surface area (Å²) in [4.78, 5) is 23.6. The topological polar surface area (TPSA) is 102 Å². The Bertz CT molecular complexity index is 577. The highest BCUT2D eigenvalue weighted by Crippen LogP contribution is 2.23. The van der Waals surface area contributed by atoms with Crippen molar-refractivity contribution in [2.75, 3.05) is 18.5 Å². The summed E-state index contributed by atoms with van der Waals surface area (Å²) in [6, 6.07) is 3.22. The zero-order chi connectivity index (χ0) is 15.6. The van der Waals surface area contributed by atoms with Crippen molar-refractivity contribution in [1.82, 2.24) is 0 Å². The highest BCUT2D eigenvalue weighted by Gasteiger charge is 2.36. The third-order valence-electron chi connectivity index (χ3n) is 3.99. The van der Waals surface area contributed by atoms with Crippen molar-refractivity contribution < 1.29 is 19.4 Å². The van der Waals surface area contributed by atoms with Crippen LogP contribution in [0.1, 0.15) is 34.3 Å². The molecule has 0 aromatic heterocycles. The molecule has 114 valence electrons. The number of anilines is 1. The number of hydrogen-bond donors (Lipinski definition) is 3. The van der Waals surface area contributed by atoms with Crippen molar-refractivity contribution in [2.24, 2.45) is 5.73 Å². The normalized spacial score (nSPS) is 17.3. The van der Waals surface area contributed by atoms with Gasteiger partial charge in [-0.05, 0) is 49.9 Å². The first-order chi connectivity index (χ1) is 9.83. The molecule has 1 heterocycles. The minimum absolute atomic E-state index is 0.184. The maximum atomic E-state index is 12.3. The van der Waals surface area contributed by atoms with Crippen LogP contribution in [-0.2, 0) is 9.53 Å². The molecule has 1 aromatic rings. The van der Waals surface area contributed by atoms with Crippen molar-refractivity contribution in [1.29, 1.82) is 0 Å². The molecule has 1 aliphatic rings. The predicted octanol–water partition coefficient (Wildman–Crippen LogP) is 1.45. The molecule has 0 atom stereocenters. The summed E-state index contributed by atoms with van der Waals surface area (Å²) in [5.41, 5.74) is 7.29. The van der Waals surface area contributed by atoms with Crippen LogP contribution in [0.4, 0.5) is 5.69 Å². The fourth-order valence-corrected chi connectivity index (χ4v) is 2.37. The standard InChI is InChI=1S/C15H20N2O4/c1-9-7-11(8-12(10(9)2)13(18)19)17-14(20)15(16)3-5-21-6-4-15/h7-8H,3-6,16H2,1-2H3,(H,17,20)(H,18,19). The molecule has 21 heavy (non-hydrogen) atoms. The average molecular weight is 292 g/mol. The van der Waals surface area contributed by atoms with E-state index in [1.807, 2.05) is 6.92 Å². The average Bonchev–Trinajstić information content (AvgIpc) is 2.43. The van der Waals surface area contributed by atoms with E-state index in [2.05, 4.69) is 5.32 Å². The van der Waals surface area contributed by atoms with Crippen LogP contribution in [0, 0.1) is 13.8 Å². The van der Waals surface area contributed by atoms with Crippen molar-refractivity contribution in [3.63, 3.8) is 0 Å². The van der Waals surface area contributed by atoms with E-state index in [4.69, 9.17) is 10.5 Å². The third kappa shape index (κ3) is 3.22. The van der Waals surface area contributed by atoms with Gasteiger partial charge in [-0.15, -0.1) is 0 Å². The van der Waals surface area contributed by atoms with E-state index in [-0.39, 0.29) is 11.5 Å². The summed E-state index contributed by atoms with van der Waals surface area (Å²) in [6.45, 7) is 4.46. The number of benzene rings is 1. The van der Waals surface area contributed by atoms with Crippen LogP contribution in [0.5, 0.6) is 0 Å². The van der Waals surface area contributed by atoms with E-state index < -0.39 is 11.5 Å². The van der Waals surface area contributed by atoms with E-state index >= 15 is 0 Å². The second-order valence-corrected chi connectivity index (χ2v) is 5.49. The minimum Gasteiger partial charge on any atom is -0.478 e. The number of carbonyl (C=O) groups excluding carboxylic acids is 1. The number of aromatic carboxylic acids is 1. The third-order valence-corrected chi connectivity index (χ3v) is 3.99. The molecule has 1 fully saturated rings. The van der Waals surface area contributed by atoms with Gasteiger partial charge in [0.25, 0.3) is 0 Å². The summed E-state index contributed by atoms with van der Waals surface area (Å²) in [7, 11) is 0. The number of hydrogen-bond acceptors (Lipinski definition) is 4. The quantitative estimate of drug-likeness (QED) is 0.782. The Morgan fingerprint density at radius 1 is 1.29 bits per heavy atom. The zero-order valence-electron chi connectivity index (χ0n) is 12.2. The van der Waals surface area contributed by atoms with Crippen LogP contribution < -0.4 is 11.1 Å². The molecular formula is C15H20N2O4. The SMILES string of the molecule is Cc1cc(NC(=O)C2(N)CCOCC2)cc(C(=O)O)c1C. The number of carboxylic acid groups (broad SMARTS) is 1. The van der Waals surface area contributed by atoms with E-state index in [1.165, 1.54) is 6.07 Å². The summed E-state index contributed by atoms with van der Waals surface area (Å²) in [5.74, 6) is -1.31. The molecule has 0 aliphatic carbocycles. The van der Waals surface area contributed by atoms with Crippen molar-refractivity contribution in [2.45, 2.75) is 32.2 Å². The minimum atomic E-state index is -1.01. The first-order valence-electron chi connectivity index (χ1n) is 6.86. The molecule has 6 heteroatoms. The van der Waals surface area contributed by atoms with E-state index in [0.717, 1.165) is 5.56 Å². The predicted molar refractivity (Wildman–Crippen MR) is 78.5 cm³/mol. The van der Waals surface area contributed by atoms with Gasteiger partial charge in [-0.3, -0.25) is 4.79 Å². The number of nitrogens with two attached hydrogens (primary N) is 1. The molecule has 4 N–H and O–H groups in total. The maximum Gasteiger partial charge on any atom is 0.336 e. The Labute approximate surface area is 123 Å². The summed E-state index contributed by atoms with van der Waals surface area (Å²) >= 11 is 0. The molecule has 0 bridgehead atoms. The Hall–Kier alpha value is -1.92. The fraction of sp³-hybridized carbons (Fsp3) is 0.467. The molecule has 6 nitrogen and oxygen atoms in total. The lowest BCUT2D eigenvalue weighted by atomic mass is 9.90. The van der Waals surface area contributed by atoms with E-state index in [9.17, 15) is 14.7 Å². The van der Waals surface area contributed by atoms with E-state index in [1.54, 1.807) is 13.0 Å². The molecule has 1 amide bonds. The first kappa shape index (κ1) is 15.5. The number of carbonyl (C=O) groups is 2. The van der Waals surface area contributed by atoms with Crippen LogP contribution in [-0.4, -0.2) is 35.7 Å². The summed E-state index contributed by atoms with van der Waals surface area (Å²) in [5, 5.41) is 11.9. The molecule has 1 saturated heterocycles. The number of rotatable bonds is 3. The number of aryl methyl sites for hydroxylation is 1. The summed E-state index contributed by atoms with van der Waals surface area (Å²) in [6.07, 6.45) is 0.908. The van der Waals surface area contributed by atoms with Gasteiger partial charge in [0.2, 0.25) is 5.91 Å². The van der Waals surface area contributed by atoms with E-state index in [0.29, 0.717) is 37.3 Å². The second kappa shape index (κ2) is 5.83. The molecule has 1 aliphatic heterocycles. The zero-order valence-corrected chi connectivity index (χ0v) is 12.2. The Balaban J connectivity index is 2.23. The molecule has 0 radical (unpaired) electrons. The monoisotopic (exact) mass is 292 g/mol. The highest BCUT2D eigenvalue weighted by molar-refractivity contribution is 5.99. The van der Waals surface area contributed by atoms with Gasteiger partial charge in [-0.25, -0.2) is 4.79 Å². The lowest BCUT2D eigenvalue weighted by Crippen LogP contribution is -2.54. The van der Waals surface area contributed by atoms with Gasteiger partial charge >= 0.3 is 5.97 Å². The first-order valence-corrected chi connectivity index (χ1v) is 6.86. The number of carboxylic acids is 1. The molecule has 0 unspecified atom stereocenters. The Morgan fingerprint density at radius 3 is 2.48 bits per heavy atom. The van der Waals surface area contributed by atoms with Gasteiger partial charge in [-0.1, -0.05) is 0 Å². The van der Waals surface area contributed by atoms with Crippen LogP contribution in [0.3, 0.4) is 0 Å². The lowest BCUT2D eigenvalue weighted by molar-refractivity contribution is -0.124. The van der Waals surface area contributed by atoms with Gasteiger partial charge in [-0.2, -0.15) is 0 Å². The van der Waals surface area contributed by atoms with Crippen LogP contribution in [0.2, 0.25) is 0 Å². The van der Waals surface area contributed by atoms with Gasteiger partial charge < -0.3 is 20.9 Å². The van der Waals surface area contributed by atoms with Crippen molar-refractivity contribution in [3.8, 4) is 0 Å². The molecule has 0 spiro atoms. The molecule has 0 saturated carbocycles. The highest BCUT2D eigenvalue weighted by atomic mass is 16.5. The summed E-state index contributed by atoms with van der Waals surface area (Å²) < 4.78 is 5.21. The molecular weight excluding hydrogens is 272 g/mol. The van der Waals surface area contributed by atoms with Crippen molar-refractivity contribution >= 4 is 17.6 Å². The molecule has 1 aromatic carbocycles. The van der Waals surface area contributed by atoms with Gasteiger partial charge in [0, 0.05) is 18.9 Å². The largest absolute Gasteiger partial charge is 0.478 e. The van der Waals surface area contributed by atoms with Crippen LogP contribution >= 0.6 is 0 Å². The van der Waals surface area contributed by atoms with Gasteiger partial charge in [0.05, 0.1) is 5.56 Å². The van der Waals surface area contributed by atoms with Crippen molar-refractivity contribution in [3.05, 3.63) is 28.8 Å². The van der Waals surface area contributed by atoms with Crippen LogP contribution in [0.15, 0.2) is 12.1 Å². The number of amides is 1. The Kier molecular flexibility index (Phi) is 4.29. The second-order valence-electron chi connectivity index (χ2n) is 5.49. The van der Waals surface area contributed by atoms with Gasteiger partial charge in [0.1, 0.15) is 5.54 Å². The molecule has 2 rings (SSSR count). The Morgan fingerprint density at radius 2 is 1.90 bits per heavy atom. The van der Waals surface area contributed by atoms with Crippen LogP contribution in [0.25, 0.3) is 0 Å². The smallest absolute Gasteiger partial charge is 0.336 e.